The van der Waals surface area contributed by atoms with E-state index in [1.165, 1.54) is 6.42 Å². The molecule has 0 atom stereocenters. The number of nitrogens with one attached hydrogen (secondary N) is 2. The van der Waals surface area contributed by atoms with Gasteiger partial charge in [0, 0.05) is 32.1 Å². The first-order valence-electron chi connectivity index (χ1n) is 10.0. The fraction of sp³-hybridized carbons (Fsp3) is 0.550. The second-order valence-corrected chi connectivity index (χ2v) is 7.29. The summed E-state index contributed by atoms with van der Waals surface area (Å²) in [4.78, 5) is 4.18. The van der Waals surface area contributed by atoms with Gasteiger partial charge in [-0.15, -0.1) is 10.2 Å². The molecule has 1 aliphatic rings. The Hall–Kier alpha value is -2.78. The van der Waals surface area contributed by atoms with E-state index in [9.17, 15) is 13.2 Å². The van der Waals surface area contributed by atoms with Gasteiger partial charge in [-0.25, -0.2) is 0 Å². The molecular formula is C20H27F3N6O. The minimum absolute atomic E-state index is 0.207. The van der Waals surface area contributed by atoms with Gasteiger partial charge in [-0.3, -0.25) is 4.99 Å². The molecule has 0 bridgehead atoms. The zero-order valence-electron chi connectivity index (χ0n) is 17.2. The van der Waals surface area contributed by atoms with Crippen molar-refractivity contribution < 1.29 is 17.9 Å². The molecule has 164 valence electrons. The number of hydrogen-bond acceptors (Lipinski definition) is 4. The van der Waals surface area contributed by atoms with Crippen LogP contribution in [0.5, 0.6) is 5.75 Å². The summed E-state index contributed by atoms with van der Waals surface area (Å²) in [5, 5.41) is 14.9. The number of nitrogens with zero attached hydrogens (tertiary/aromatic N) is 4. The lowest BCUT2D eigenvalue weighted by Crippen LogP contribution is -2.37. The first-order valence-corrected chi connectivity index (χ1v) is 10.0. The average molecular weight is 424 g/mol. The van der Waals surface area contributed by atoms with Crippen LogP contribution in [-0.2, 0) is 26.1 Å². The van der Waals surface area contributed by atoms with Crippen LogP contribution < -0.4 is 15.4 Å². The molecule has 0 amide bonds. The molecule has 7 nitrogen and oxygen atoms in total. The Balaban J connectivity index is 1.59. The number of ether oxygens (including phenoxy) is 1. The van der Waals surface area contributed by atoms with E-state index in [4.69, 9.17) is 4.74 Å². The fourth-order valence-corrected chi connectivity index (χ4v) is 3.34. The minimum Gasteiger partial charge on any atom is -0.484 e. The van der Waals surface area contributed by atoms with Crippen LogP contribution in [0, 0.1) is 6.92 Å². The molecule has 10 heteroatoms. The molecule has 0 saturated carbocycles. The van der Waals surface area contributed by atoms with Gasteiger partial charge < -0.3 is 19.9 Å². The third-order valence-electron chi connectivity index (χ3n) is 4.88. The summed E-state index contributed by atoms with van der Waals surface area (Å²) in [5.74, 6) is 2.58. The number of guanidine groups is 1. The molecule has 0 aliphatic carbocycles. The Kier molecular flexibility index (Phi) is 7.17. The maximum Gasteiger partial charge on any atom is 0.422 e. The number of aromatic nitrogens is 3. The van der Waals surface area contributed by atoms with Crippen LogP contribution in [0.3, 0.4) is 0 Å². The normalized spacial score (nSPS) is 14.8. The average Bonchev–Trinajstić information content (AvgIpc) is 2.93. The molecule has 1 aliphatic heterocycles. The van der Waals surface area contributed by atoms with E-state index in [1.54, 1.807) is 26.1 Å². The Morgan fingerprint density at radius 3 is 2.73 bits per heavy atom. The number of halogens is 3. The monoisotopic (exact) mass is 424 g/mol. The number of alkyl halides is 3. The van der Waals surface area contributed by atoms with Crippen LogP contribution in [0.2, 0.25) is 0 Å². The van der Waals surface area contributed by atoms with Gasteiger partial charge in [0.05, 0.1) is 6.54 Å². The van der Waals surface area contributed by atoms with Gasteiger partial charge >= 0.3 is 6.18 Å². The van der Waals surface area contributed by atoms with Crippen molar-refractivity contribution in [1.82, 2.24) is 25.4 Å². The molecule has 2 aromatic rings. The van der Waals surface area contributed by atoms with E-state index in [0.717, 1.165) is 43.0 Å². The van der Waals surface area contributed by atoms with Gasteiger partial charge in [-0.1, -0.05) is 18.6 Å². The Morgan fingerprint density at radius 2 is 1.97 bits per heavy atom. The van der Waals surface area contributed by atoms with E-state index in [0.29, 0.717) is 18.1 Å². The van der Waals surface area contributed by atoms with Crippen molar-refractivity contribution in [2.24, 2.45) is 4.99 Å². The summed E-state index contributed by atoms with van der Waals surface area (Å²) in [6.45, 7) is 2.12. The van der Waals surface area contributed by atoms with Crippen molar-refractivity contribution in [3.63, 3.8) is 0 Å². The van der Waals surface area contributed by atoms with E-state index >= 15 is 0 Å². The maximum atomic E-state index is 12.5. The van der Waals surface area contributed by atoms with Crippen molar-refractivity contribution in [2.45, 2.75) is 58.4 Å². The van der Waals surface area contributed by atoms with Crippen LogP contribution >= 0.6 is 0 Å². The number of fused-ring (bicyclic) bond motifs is 1. The predicted octanol–water partition coefficient (Wildman–Crippen LogP) is 3.12. The van der Waals surface area contributed by atoms with Gasteiger partial charge in [0.1, 0.15) is 11.6 Å². The Morgan fingerprint density at radius 1 is 1.17 bits per heavy atom. The zero-order chi connectivity index (χ0) is 21.6. The summed E-state index contributed by atoms with van der Waals surface area (Å²) in [6, 6.07) is 5.18. The fourth-order valence-electron chi connectivity index (χ4n) is 3.34. The Labute approximate surface area is 173 Å². The van der Waals surface area contributed by atoms with Crippen LogP contribution in [0.4, 0.5) is 13.2 Å². The lowest BCUT2D eigenvalue weighted by atomic mass is 10.1. The summed E-state index contributed by atoms with van der Waals surface area (Å²) < 4.78 is 44.8. The maximum absolute atomic E-state index is 12.5. The van der Waals surface area contributed by atoms with Crippen LogP contribution in [0.1, 0.15) is 42.0 Å². The summed E-state index contributed by atoms with van der Waals surface area (Å²) in [7, 11) is 1.63. The smallest absolute Gasteiger partial charge is 0.422 e. The number of rotatable bonds is 6. The number of aliphatic imine (C=N–C) groups is 1. The summed E-state index contributed by atoms with van der Waals surface area (Å²) >= 11 is 0. The largest absolute Gasteiger partial charge is 0.484 e. The van der Waals surface area contributed by atoms with Crippen molar-refractivity contribution in [3.8, 4) is 5.75 Å². The molecule has 0 unspecified atom stereocenters. The van der Waals surface area contributed by atoms with Gasteiger partial charge in [0.2, 0.25) is 0 Å². The van der Waals surface area contributed by atoms with Gasteiger partial charge in [-0.2, -0.15) is 13.2 Å². The van der Waals surface area contributed by atoms with Crippen molar-refractivity contribution in [3.05, 3.63) is 41.0 Å². The quantitative estimate of drug-likeness (QED) is 0.551. The lowest BCUT2D eigenvalue weighted by Gasteiger charge is -2.16. The summed E-state index contributed by atoms with van der Waals surface area (Å²) in [5.41, 5.74) is 1.44. The highest BCUT2D eigenvalue weighted by Crippen LogP contribution is 2.23. The highest BCUT2D eigenvalue weighted by atomic mass is 19.4. The first-order chi connectivity index (χ1) is 14.4. The molecule has 3 rings (SSSR count). The lowest BCUT2D eigenvalue weighted by molar-refractivity contribution is -0.153. The van der Waals surface area contributed by atoms with Gasteiger partial charge in [0.25, 0.3) is 0 Å². The van der Waals surface area contributed by atoms with Crippen molar-refractivity contribution in [1.29, 1.82) is 0 Å². The molecular weight excluding hydrogens is 397 g/mol. The first kappa shape index (κ1) is 21.9. The topological polar surface area (TPSA) is 76.4 Å². The molecule has 0 radical (unpaired) electrons. The van der Waals surface area contributed by atoms with E-state index in [1.807, 2.05) is 6.07 Å². The molecule has 0 spiro atoms. The number of aryl methyl sites for hydroxylation is 2. The Bertz CT molecular complexity index is 878. The standard InChI is InChI=1S/C20H27F3N6O/c1-14-7-8-15(16(10-14)30-13-20(21,22)23)11-25-19(24-2)26-12-18-28-27-17-6-4-3-5-9-29(17)18/h7-8,10H,3-6,9,11-13H2,1-2H3,(H2,24,25,26). The third-order valence-corrected chi connectivity index (χ3v) is 4.88. The zero-order valence-corrected chi connectivity index (χ0v) is 17.2. The molecule has 1 aromatic carbocycles. The molecule has 0 saturated heterocycles. The molecule has 0 fully saturated rings. The molecule has 30 heavy (non-hydrogen) atoms. The summed E-state index contributed by atoms with van der Waals surface area (Å²) in [6.07, 6.45) is -0.0195. The second kappa shape index (κ2) is 9.82. The highest BCUT2D eigenvalue weighted by Gasteiger charge is 2.28. The van der Waals surface area contributed by atoms with Gasteiger partial charge in [0.15, 0.2) is 18.4 Å². The van der Waals surface area contributed by atoms with E-state index in [-0.39, 0.29) is 12.3 Å². The predicted molar refractivity (Wildman–Crippen MR) is 107 cm³/mol. The minimum atomic E-state index is -4.39. The molecule has 2 N–H and O–H groups in total. The highest BCUT2D eigenvalue weighted by molar-refractivity contribution is 5.79. The third kappa shape index (κ3) is 6.11. The molecule has 1 aromatic heterocycles. The van der Waals surface area contributed by atoms with Crippen molar-refractivity contribution >= 4 is 5.96 Å². The second-order valence-electron chi connectivity index (χ2n) is 7.29. The van der Waals surface area contributed by atoms with Gasteiger partial charge in [-0.05, 0) is 31.4 Å². The SMILES string of the molecule is CN=C(NCc1ccc(C)cc1OCC(F)(F)F)NCc1nnc2n1CCCCC2. The van der Waals surface area contributed by atoms with Crippen LogP contribution in [0.25, 0.3) is 0 Å². The van der Waals surface area contributed by atoms with Crippen LogP contribution in [-0.4, -0.2) is 40.6 Å². The number of benzene rings is 1. The van der Waals surface area contributed by atoms with Crippen molar-refractivity contribution in [2.75, 3.05) is 13.7 Å². The van der Waals surface area contributed by atoms with Crippen LogP contribution in [0.15, 0.2) is 23.2 Å². The number of hydrogen-bond donors (Lipinski definition) is 2. The van der Waals surface area contributed by atoms with E-state index in [2.05, 4.69) is 30.4 Å². The molecule has 2 heterocycles. The van der Waals surface area contributed by atoms with E-state index < -0.39 is 12.8 Å².